The van der Waals surface area contributed by atoms with Crippen LogP contribution in [0.3, 0.4) is 0 Å². The zero-order valence-corrected chi connectivity index (χ0v) is 16.5. The van der Waals surface area contributed by atoms with Gasteiger partial charge in [-0.3, -0.25) is 9.78 Å². The average Bonchev–Trinajstić information content (AvgIpc) is 2.60. The summed E-state index contributed by atoms with van der Waals surface area (Å²) in [5, 5.41) is 5.14. The predicted octanol–water partition coefficient (Wildman–Crippen LogP) is 3.49. The van der Waals surface area contributed by atoms with Gasteiger partial charge in [0.05, 0.1) is 5.52 Å². The lowest BCUT2D eigenvalue weighted by Crippen LogP contribution is -2.52. The molecule has 26 heavy (non-hydrogen) atoms. The summed E-state index contributed by atoms with van der Waals surface area (Å²) in [6.07, 6.45) is 2.55. The average molecular weight is 375 g/mol. The van der Waals surface area contributed by atoms with E-state index in [2.05, 4.69) is 36.1 Å². The molecular formula is C20H27ClN4O. The number of likely N-dealkylation sites (N-methyl/N-ethyl adjacent to an activating group) is 1. The molecule has 0 aliphatic carbocycles. The summed E-state index contributed by atoms with van der Waals surface area (Å²) in [4.78, 5) is 21.8. The third kappa shape index (κ3) is 4.46. The maximum absolute atomic E-state index is 13.1. The van der Waals surface area contributed by atoms with Crippen LogP contribution in [0, 0.1) is 5.92 Å². The number of aromatic nitrogens is 1. The van der Waals surface area contributed by atoms with Crippen LogP contribution in [-0.4, -0.2) is 60.0 Å². The van der Waals surface area contributed by atoms with Gasteiger partial charge < -0.3 is 15.1 Å². The summed E-state index contributed by atoms with van der Waals surface area (Å²) in [5.74, 6) is 0.609. The molecule has 0 bridgehead atoms. The normalized spacial score (nSPS) is 16.9. The Morgan fingerprint density at radius 1 is 1.23 bits per heavy atom. The number of benzene rings is 1. The molecule has 1 aromatic carbocycles. The first kappa shape index (κ1) is 18.9. The fourth-order valence-corrected chi connectivity index (χ4v) is 3.54. The first-order chi connectivity index (χ1) is 12.4. The summed E-state index contributed by atoms with van der Waals surface area (Å²) >= 11 is 6.08. The molecule has 3 rings (SSSR count). The van der Waals surface area contributed by atoms with E-state index in [0.717, 1.165) is 49.2 Å². The van der Waals surface area contributed by atoms with Gasteiger partial charge >= 0.3 is 0 Å². The lowest BCUT2D eigenvalue weighted by atomic mass is 10.0. The van der Waals surface area contributed by atoms with E-state index < -0.39 is 0 Å². The van der Waals surface area contributed by atoms with Crippen molar-refractivity contribution in [1.82, 2.24) is 14.8 Å². The number of nitrogens with zero attached hydrogens (tertiary/aromatic N) is 3. The molecule has 1 aliphatic rings. The minimum atomic E-state index is -0.236. The second-order valence-corrected chi connectivity index (χ2v) is 7.91. The van der Waals surface area contributed by atoms with Crippen LogP contribution < -0.4 is 5.32 Å². The Balaban J connectivity index is 1.83. The van der Waals surface area contributed by atoms with Crippen molar-refractivity contribution in [3.8, 4) is 0 Å². The van der Waals surface area contributed by atoms with Gasteiger partial charge in [0.1, 0.15) is 6.04 Å². The molecule has 1 saturated heterocycles. The van der Waals surface area contributed by atoms with E-state index in [9.17, 15) is 4.79 Å². The van der Waals surface area contributed by atoms with Gasteiger partial charge in [-0.05, 0) is 43.7 Å². The molecule has 2 heterocycles. The number of pyridine rings is 1. The van der Waals surface area contributed by atoms with Crippen molar-refractivity contribution in [3.05, 3.63) is 35.5 Å². The number of hydrogen-bond donors (Lipinski definition) is 1. The SMILES string of the molecule is CC(C)C[C@H](Nc1ccnc2cc(Cl)ccc12)C(=O)N1CCN(C)CC1. The molecule has 0 unspecified atom stereocenters. The maximum Gasteiger partial charge on any atom is 0.245 e. The van der Waals surface area contributed by atoms with Crippen LogP contribution in [0.2, 0.25) is 5.02 Å². The van der Waals surface area contributed by atoms with E-state index in [1.54, 1.807) is 6.20 Å². The number of hydrogen-bond acceptors (Lipinski definition) is 4. The van der Waals surface area contributed by atoms with Gasteiger partial charge in [0.2, 0.25) is 5.91 Å². The molecule has 1 aliphatic heterocycles. The molecule has 2 aromatic rings. The molecule has 0 spiro atoms. The number of amides is 1. The Bertz CT molecular complexity index is 771. The van der Waals surface area contributed by atoms with Crippen LogP contribution in [0.25, 0.3) is 10.9 Å². The smallest absolute Gasteiger partial charge is 0.245 e. The zero-order valence-electron chi connectivity index (χ0n) is 15.7. The van der Waals surface area contributed by atoms with Gasteiger partial charge in [0.25, 0.3) is 0 Å². The number of anilines is 1. The lowest BCUT2D eigenvalue weighted by Gasteiger charge is -2.35. The van der Waals surface area contributed by atoms with Gasteiger partial charge in [-0.2, -0.15) is 0 Å². The topological polar surface area (TPSA) is 48.5 Å². The largest absolute Gasteiger partial charge is 0.373 e. The Morgan fingerprint density at radius 3 is 2.65 bits per heavy atom. The van der Waals surface area contributed by atoms with Crippen molar-refractivity contribution >= 4 is 34.1 Å². The molecular weight excluding hydrogens is 348 g/mol. The fraction of sp³-hybridized carbons (Fsp3) is 0.500. The molecule has 0 radical (unpaired) electrons. The number of rotatable bonds is 5. The summed E-state index contributed by atoms with van der Waals surface area (Å²) in [5.41, 5.74) is 1.76. The van der Waals surface area contributed by atoms with Gasteiger partial charge in [-0.1, -0.05) is 25.4 Å². The summed E-state index contributed by atoms with van der Waals surface area (Å²) in [6, 6.07) is 7.36. The van der Waals surface area contributed by atoms with E-state index in [1.807, 2.05) is 29.2 Å². The van der Waals surface area contributed by atoms with E-state index in [-0.39, 0.29) is 11.9 Å². The first-order valence-electron chi connectivity index (χ1n) is 9.22. The number of carbonyl (C=O) groups is 1. The summed E-state index contributed by atoms with van der Waals surface area (Å²) in [6.45, 7) is 7.73. The number of halogens is 1. The molecule has 5 nitrogen and oxygen atoms in total. The lowest BCUT2D eigenvalue weighted by molar-refractivity contribution is -0.133. The van der Waals surface area contributed by atoms with Crippen LogP contribution in [0.1, 0.15) is 20.3 Å². The third-order valence-corrected chi connectivity index (χ3v) is 5.09. The maximum atomic E-state index is 13.1. The van der Waals surface area contributed by atoms with Crippen LogP contribution >= 0.6 is 11.6 Å². The zero-order chi connectivity index (χ0) is 18.7. The van der Waals surface area contributed by atoms with Crippen LogP contribution in [0.5, 0.6) is 0 Å². The highest BCUT2D eigenvalue weighted by Crippen LogP contribution is 2.26. The Morgan fingerprint density at radius 2 is 1.96 bits per heavy atom. The molecule has 6 heteroatoms. The Labute approximate surface area is 160 Å². The van der Waals surface area contributed by atoms with Crippen LogP contribution in [0.4, 0.5) is 5.69 Å². The highest BCUT2D eigenvalue weighted by atomic mass is 35.5. The van der Waals surface area contributed by atoms with Crippen LogP contribution in [0.15, 0.2) is 30.5 Å². The molecule has 0 saturated carbocycles. The van der Waals surface area contributed by atoms with Crippen LogP contribution in [-0.2, 0) is 4.79 Å². The van der Waals surface area contributed by atoms with Gasteiger partial charge in [-0.25, -0.2) is 0 Å². The molecule has 1 fully saturated rings. The van der Waals surface area contributed by atoms with E-state index in [1.165, 1.54) is 0 Å². The number of fused-ring (bicyclic) bond motifs is 1. The van der Waals surface area contributed by atoms with Crippen molar-refractivity contribution in [2.75, 3.05) is 38.5 Å². The van der Waals surface area contributed by atoms with Crippen molar-refractivity contribution in [3.63, 3.8) is 0 Å². The fourth-order valence-electron chi connectivity index (χ4n) is 3.37. The predicted molar refractivity (Wildman–Crippen MR) is 108 cm³/mol. The molecule has 1 N–H and O–H groups in total. The molecule has 140 valence electrons. The van der Waals surface area contributed by atoms with Crippen molar-refractivity contribution in [2.24, 2.45) is 5.92 Å². The standard InChI is InChI=1S/C20H27ClN4O/c1-14(2)12-19(20(26)25-10-8-24(3)9-11-25)23-17-6-7-22-18-13-15(21)4-5-16(17)18/h4-7,13-14,19H,8-12H2,1-3H3,(H,22,23)/t19-/m0/s1. The van der Waals surface area contributed by atoms with Crippen molar-refractivity contribution in [2.45, 2.75) is 26.3 Å². The Kier molecular flexibility index (Phi) is 5.99. The van der Waals surface area contributed by atoms with Crippen molar-refractivity contribution < 1.29 is 4.79 Å². The van der Waals surface area contributed by atoms with Crippen molar-refractivity contribution in [1.29, 1.82) is 0 Å². The van der Waals surface area contributed by atoms with E-state index in [4.69, 9.17) is 11.6 Å². The highest BCUT2D eigenvalue weighted by molar-refractivity contribution is 6.31. The number of nitrogens with one attached hydrogen (secondary N) is 1. The summed E-state index contributed by atoms with van der Waals surface area (Å²) < 4.78 is 0. The van der Waals surface area contributed by atoms with Gasteiger partial charge in [0.15, 0.2) is 0 Å². The molecule has 1 atom stereocenters. The quantitative estimate of drug-likeness (QED) is 0.870. The van der Waals surface area contributed by atoms with E-state index in [0.29, 0.717) is 10.9 Å². The first-order valence-corrected chi connectivity index (χ1v) is 9.60. The molecule has 1 amide bonds. The monoisotopic (exact) mass is 374 g/mol. The van der Waals surface area contributed by atoms with E-state index >= 15 is 0 Å². The van der Waals surface area contributed by atoms with Gasteiger partial charge in [-0.15, -0.1) is 0 Å². The highest BCUT2D eigenvalue weighted by Gasteiger charge is 2.27. The molecule has 1 aromatic heterocycles. The summed E-state index contributed by atoms with van der Waals surface area (Å²) in [7, 11) is 2.10. The minimum absolute atomic E-state index is 0.186. The number of carbonyl (C=O) groups excluding carboxylic acids is 1. The second-order valence-electron chi connectivity index (χ2n) is 7.48. The number of piperazine rings is 1. The van der Waals surface area contributed by atoms with Gasteiger partial charge in [0, 0.05) is 48.5 Å². The Hall–Kier alpha value is -1.85. The minimum Gasteiger partial charge on any atom is -0.373 e. The second kappa shape index (κ2) is 8.23. The third-order valence-electron chi connectivity index (χ3n) is 4.85.